The van der Waals surface area contributed by atoms with Gasteiger partial charge in [-0.25, -0.2) is 0 Å². The van der Waals surface area contributed by atoms with E-state index < -0.39 is 12.0 Å². The quantitative estimate of drug-likeness (QED) is 0.848. The molecule has 0 heterocycles. The first-order valence-corrected chi connectivity index (χ1v) is 4.22. The van der Waals surface area contributed by atoms with E-state index in [9.17, 15) is 4.79 Å². The monoisotopic (exact) mass is 235 g/mol. The Balaban J connectivity index is 0.00000169. The number of hydrogen-bond donors (Lipinski definition) is 2. The van der Waals surface area contributed by atoms with Gasteiger partial charge >= 0.3 is 5.97 Å². The second kappa shape index (κ2) is 5.73. The second-order valence-corrected chi connectivity index (χ2v) is 3.15. The maximum Gasteiger partial charge on any atom is 0.325 e. The second-order valence-electron chi connectivity index (χ2n) is 2.71. The smallest absolute Gasteiger partial charge is 0.325 e. The number of carbonyl (C=O) groups is 1. The number of halogens is 2. The molecule has 0 aromatic heterocycles. The summed E-state index contributed by atoms with van der Waals surface area (Å²) in [5.74, 6) is -0.880. The maximum atomic E-state index is 10.5. The normalized spacial score (nSPS) is 11.3. The van der Waals surface area contributed by atoms with Crippen molar-refractivity contribution in [2.24, 2.45) is 0 Å². The summed E-state index contributed by atoms with van der Waals surface area (Å²) in [7, 11) is 0. The van der Waals surface area contributed by atoms with Gasteiger partial charge in [-0.15, -0.1) is 12.4 Å². The maximum absolute atomic E-state index is 10.5. The largest absolute Gasteiger partial charge is 0.480 e. The average molecular weight is 236 g/mol. The fourth-order valence-corrected chi connectivity index (χ4v) is 0.984. The van der Waals surface area contributed by atoms with Crippen molar-refractivity contribution in [3.05, 3.63) is 29.3 Å². The van der Waals surface area contributed by atoms with E-state index in [1.807, 2.05) is 0 Å². The van der Waals surface area contributed by atoms with Crippen LogP contribution in [-0.4, -0.2) is 17.1 Å². The highest BCUT2D eigenvalue weighted by Crippen LogP contribution is 2.13. The van der Waals surface area contributed by atoms with E-state index >= 15 is 0 Å². The number of anilines is 1. The van der Waals surface area contributed by atoms with Crippen LogP contribution in [0.4, 0.5) is 5.69 Å². The minimum Gasteiger partial charge on any atom is -0.480 e. The van der Waals surface area contributed by atoms with Crippen LogP contribution in [0.2, 0.25) is 5.02 Å². The summed E-state index contributed by atoms with van der Waals surface area (Å²) in [6.45, 7) is 1.58. The number of rotatable bonds is 3. The van der Waals surface area contributed by atoms with Crippen LogP contribution in [0.25, 0.3) is 0 Å². The van der Waals surface area contributed by atoms with Crippen molar-refractivity contribution >= 4 is 35.7 Å². The predicted molar refractivity (Wildman–Crippen MR) is 59.4 cm³/mol. The van der Waals surface area contributed by atoms with Crippen molar-refractivity contribution in [3.8, 4) is 0 Å². The minimum atomic E-state index is -0.880. The molecule has 0 unspecified atom stereocenters. The Bertz CT molecular complexity index is 300. The lowest BCUT2D eigenvalue weighted by Crippen LogP contribution is -2.25. The Labute approximate surface area is 93.5 Å². The molecule has 5 heteroatoms. The van der Waals surface area contributed by atoms with Crippen LogP contribution in [0.15, 0.2) is 24.3 Å². The first-order valence-electron chi connectivity index (χ1n) is 3.84. The third-order valence-electron chi connectivity index (χ3n) is 1.60. The van der Waals surface area contributed by atoms with Crippen molar-refractivity contribution in [2.75, 3.05) is 5.32 Å². The van der Waals surface area contributed by atoms with Crippen molar-refractivity contribution in [3.63, 3.8) is 0 Å². The van der Waals surface area contributed by atoms with Crippen LogP contribution in [0.3, 0.4) is 0 Å². The summed E-state index contributed by atoms with van der Waals surface area (Å²) in [6, 6.07) is 6.29. The molecule has 1 aromatic rings. The summed E-state index contributed by atoms with van der Waals surface area (Å²) in [4.78, 5) is 10.5. The fraction of sp³-hybridized carbons (Fsp3) is 0.222. The minimum absolute atomic E-state index is 0. The molecule has 78 valence electrons. The molecule has 0 spiro atoms. The van der Waals surface area contributed by atoms with E-state index in [2.05, 4.69) is 5.32 Å². The molecule has 14 heavy (non-hydrogen) atoms. The van der Waals surface area contributed by atoms with E-state index in [-0.39, 0.29) is 12.4 Å². The number of nitrogens with one attached hydrogen (secondary N) is 1. The lowest BCUT2D eigenvalue weighted by atomic mass is 10.3. The number of hydrogen-bond acceptors (Lipinski definition) is 2. The zero-order valence-electron chi connectivity index (χ0n) is 7.53. The molecule has 3 nitrogen and oxygen atoms in total. The van der Waals surface area contributed by atoms with Crippen LogP contribution in [0.1, 0.15) is 6.92 Å². The molecule has 0 radical (unpaired) electrons. The lowest BCUT2D eigenvalue weighted by molar-refractivity contribution is -0.137. The third-order valence-corrected chi connectivity index (χ3v) is 1.85. The molecule has 0 bridgehead atoms. The number of carboxylic acids is 1. The van der Waals surface area contributed by atoms with E-state index in [1.165, 1.54) is 0 Å². The van der Waals surface area contributed by atoms with Gasteiger partial charge < -0.3 is 10.4 Å². The van der Waals surface area contributed by atoms with Crippen molar-refractivity contribution in [1.82, 2.24) is 0 Å². The lowest BCUT2D eigenvalue weighted by Gasteiger charge is -2.09. The topological polar surface area (TPSA) is 49.3 Å². The van der Waals surface area contributed by atoms with Gasteiger partial charge in [-0.3, -0.25) is 4.79 Å². The molecule has 0 saturated heterocycles. The van der Waals surface area contributed by atoms with Crippen molar-refractivity contribution < 1.29 is 9.90 Å². The molecule has 0 amide bonds. The van der Waals surface area contributed by atoms with E-state index in [4.69, 9.17) is 16.7 Å². The Morgan fingerprint density at radius 1 is 1.43 bits per heavy atom. The molecule has 1 atom stereocenters. The molecule has 1 aromatic carbocycles. The van der Waals surface area contributed by atoms with E-state index in [1.54, 1.807) is 31.2 Å². The van der Waals surface area contributed by atoms with Crippen LogP contribution in [0, 0.1) is 0 Å². The molecular formula is C9H11Cl2NO2. The summed E-state index contributed by atoms with van der Waals surface area (Å²) in [5, 5.41) is 12.1. The molecule has 0 aliphatic rings. The zero-order chi connectivity index (χ0) is 9.84. The van der Waals surface area contributed by atoms with Crippen LogP contribution >= 0.6 is 24.0 Å². The van der Waals surface area contributed by atoms with E-state index in [0.717, 1.165) is 5.69 Å². The highest BCUT2D eigenvalue weighted by Gasteiger charge is 2.09. The molecule has 0 aliphatic heterocycles. The highest BCUT2D eigenvalue weighted by molar-refractivity contribution is 6.30. The zero-order valence-corrected chi connectivity index (χ0v) is 9.10. The van der Waals surface area contributed by atoms with Gasteiger partial charge in [-0.2, -0.15) is 0 Å². The molecule has 0 saturated carbocycles. The van der Waals surface area contributed by atoms with E-state index in [0.29, 0.717) is 5.02 Å². The fourth-order valence-electron chi connectivity index (χ4n) is 0.858. The van der Waals surface area contributed by atoms with Gasteiger partial charge in [0.15, 0.2) is 0 Å². The Morgan fingerprint density at radius 2 is 1.93 bits per heavy atom. The molecule has 0 aliphatic carbocycles. The summed E-state index contributed by atoms with van der Waals surface area (Å²) in [6.07, 6.45) is 0. The first-order chi connectivity index (χ1) is 6.09. The summed E-state index contributed by atoms with van der Waals surface area (Å²) >= 11 is 5.67. The number of aliphatic carboxylic acids is 1. The van der Waals surface area contributed by atoms with Gasteiger partial charge in [-0.05, 0) is 31.2 Å². The predicted octanol–water partition coefficient (Wildman–Crippen LogP) is 2.65. The molecule has 2 N–H and O–H groups in total. The van der Waals surface area contributed by atoms with Gasteiger partial charge in [0.05, 0.1) is 0 Å². The Morgan fingerprint density at radius 3 is 2.36 bits per heavy atom. The van der Waals surface area contributed by atoms with Crippen LogP contribution in [0.5, 0.6) is 0 Å². The SMILES string of the molecule is C[C@H](Nc1ccc(Cl)cc1)C(=O)O.Cl. The summed E-state index contributed by atoms with van der Waals surface area (Å²) in [5.41, 5.74) is 0.749. The van der Waals surface area contributed by atoms with Gasteiger partial charge in [-0.1, -0.05) is 11.6 Å². The molecule has 1 rings (SSSR count). The van der Waals surface area contributed by atoms with Crippen molar-refractivity contribution in [2.45, 2.75) is 13.0 Å². The number of carboxylic acid groups (broad SMARTS) is 1. The van der Waals surface area contributed by atoms with Crippen LogP contribution < -0.4 is 5.32 Å². The average Bonchev–Trinajstić information content (AvgIpc) is 2.08. The van der Waals surface area contributed by atoms with Gasteiger partial charge in [0.25, 0.3) is 0 Å². The molecular weight excluding hydrogens is 225 g/mol. The van der Waals surface area contributed by atoms with Gasteiger partial charge in [0.1, 0.15) is 6.04 Å². The highest BCUT2D eigenvalue weighted by atomic mass is 35.5. The van der Waals surface area contributed by atoms with Crippen molar-refractivity contribution in [1.29, 1.82) is 0 Å². The van der Waals surface area contributed by atoms with Gasteiger partial charge in [0.2, 0.25) is 0 Å². The van der Waals surface area contributed by atoms with Gasteiger partial charge in [0, 0.05) is 10.7 Å². The third kappa shape index (κ3) is 3.85. The molecule has 0 fully saturated rings. The first kappa shape index (κ1) is 13.1. The van der Waals surface area contributed by atoms with Crippen LogP contribution in [-0.2, 0) is 4.79 Å². The standard InChI is InChI=1S/C9H10ClNO2.ClH/c1-6(9(12)13)11-8-4-2-7(10)3-5-8;/h2-6,11H,1H3,(H,12,13);1H/t6-;/m0./s1. The Kier molecular flexibility index (Phi) is 5.35. The number of benzene rings is 1. The Hall–Kier alpha value is -0.930. The summed E-state index contributed by atoms with van der Waals surface area (Å²) < 4.78 is 0.